The van der Waals surface area contributed by atoms with Gasteiger partial charge in [0, 0.05) is 17.5 Å². The molecule has 0 unspecified atom stereocenters. The molecule has 2 nitrogen and oxygen atoms in total. The van der Waals surface area contributed by atoms with Crippen LogP contribution in [-0.4, -0.2) is 12.9 Å². The van der Waals surface area contributed by atoms with Crippen molar-refractivity contribution in [2.45, 2.75) is 6.42 Å². The fraction of sp³-hybridized carbons (Fsp3) is 0.118. The minimum absolute atomic E-state index is 0.528. The maximum Gasteiger partial charge on any atom is 0.150 e. The van der Waals surface area contributed by atoms with Crippen LogP contribution < -0.4 is 4.74 Å². The molecule has 2 heteroatoms. The van der Waals surface area contributed by atoms with Crippen molar-refractivity contribution >= 4 is 6.29 Å². The van der Waals surface area contributed by atoms with Crippen LogP contribution in [0, 0.1) is 12.3 Å². The summed E-state index contributed by atoms with van der Waals surface area (Å²) in [5, 5.41) is 0. The Balaban J connectivity index is 2.00. The summed E-state index contributed by atoms with van der Waals surface area (Å²) >= 11 is 0. The summed E-state index contributed by atoms with van der Waals surface area (Å²) in [4.78, 5) is 11.0. The van der Waals surface area contributed by atoms with Gasteiger partial charge < -0.3 is 4.74 Å². The first-order valence-corrected chi connectivity index (χ1v) is 6.06. The minimum Gasteiger partial charge on any atom is -0.493 e. The standard InChI is InChI=1S/C17H14O2/c1-2-14-8-9-15(16(12-14)13-18)10-11-19-17-6-4-3-5-7-17/h1,3-9,12-13H,10-11H2. The Hall–Kier alpha value is -2.53. The third-order valence-electron chi connectivity index (χ3n) is 2.82. The number of hydrogen-bond donors (Lipinski definition) is 0. The van der Waals surface area contributed by atoms with E-state index in [2.05, 4.69) is 5.92 Å². The smallest absolute Gasteiger partial charge is 0.150 e. The maximum absolute atomic E-state index is 11.0. The van der Waals surface area contributed by atoms with Crippen LogP contribution in [0.4, 0.5) is 0 Å². The van der Waals surface area contributed by atoms with Gasteiger partial charge in [-0.1, -0.05) is 30.2 Å². The van der Waals surface area contributed by atoms with Crippen molar-refractivity contribution in [2.24, 2.45) is 0 Å². The zero-order chi connectivity index (χ0) is 13.5. The van der Waals surface area contributed by atoms with Crippen LogP contribution in [0.3, 0.4) is 0 Å². The second-order valence-corrected chi connectivity index (χ2v) is 4.09. The molecule has 2 aromatic carbocycles. The quantitative estimate of drug-likeness (QED) is 0.602. The summed E-state index contributed by atoms with van der Waals surface area (Å²) in [5.74, 6) is 3.35. The van der Waals surface area contributed by atoms with E-state index in [4.69, 9.17) is 11.2 Å². The molecule has 0 heterocycles. The van der Waals surface area contributed by atoms with E-state index in [1.807, 2.05) is 42.5 Å². The molecule has 0 radical (unpaired) electrons. The van der Waals surface area contributed by atoms with E-state index in [-0.39, 0.29) is 0 Å². The van der Waals surface area contributed by atoms with Crippen molar-refractivity contribution in [1.82, 2.24) is 0 Å². The van der Waals surface area contributed by atoms with Gasteiger partial charge in [-0.2, -0.15) is 0 Å². The number of carbonyl (C=O) groups excluding carboxylic acids is 1. The van der Waals surface area contributed by atoms with Crippen molar-refractivity contribution in [3.63, 3.8) is 0 Å². The average Bonchev–Trinajstić information content (AvgIpc) is 2.48. The number of hydrogen-bond acceptors (Lipinski definition) is 2. The van der Waals surface area contributed by atoms with Crippen LogP contribution in [-0.2, 0) is 6.42 Å². The Morgan fingerprint density at radius 2 is 1.95 bits per heavy atom. The van der Waals surface area contributed by atoms with Gasteiger partial charge in [0.15, 0.2) is 0 Å². The molecule has 0 aliphatic heterocycles. The molecule has 19 heavy (non-hydrogen) atoms. The molecule has 0 saturated carbocycles. The predicted octanol–water partition coefficient (Wildman–Crippen LogP) is 3.10. The van der Waals surface area contributed by atoms with Gasteiger partial charge in [0.2, 0.25) is 0 Å². The van der Waals surface area contributed by atoms with Gasteiger partial charge in [-0.05, 0) is 29.8 Å². The first-order valence-electron chi connectivity index (χ1n) is 6.06. The van der Waals surface area contributed by atoms with E-state index in [0.717, 1.165) is 23.2 Å². The van der Waals surface area contributed by atoms with Crippen LogP contribution in [0.15, 0.2) is 48.5 Å². The molecule has 0 N–H and O–H groups in total. The molecule has 0 atom stereocenters. The molecule has 2 aromatic rings. The molecular weight excluding hydrogens is 236 g/mol. The molecule has 0 fully saturated rings. The van der Waals surface area contributed by atoms with E-state index in [1.165, 1.54) is 0 Å². The highest BCUT2D eigenvalue weighted by Crippen LogP contribution is 2.13. The number of ether oxygens (including phenoxy) is 1. The lowest BCUT2D eigenvalue weighted by Crippen LogP contribution is -2.04. The van der Waals surface area contributed by atoms with Crippen LogP contribution in [0.5, 0.6) is 5.75 Å². The van der Waals surface area contributed by atoms with Crippen LogP contribution >= 0.6 is 0 Å². The van der Waals surface area contributed by atoms with Crippen molar-refractivity contribution in [3.8, 4) is 18.1 Å². The molecule has 0 aliphatic carbocycles. The van der Waals surface area contributed by atoms with Crippen molar-refractivity contribution in [2.75, 3.05) is 6.61 Å². The van der Waals surface area contributed by atoms with E-state index in [0.29, 0.717) is 18.6 Å². The van der Waals surface area contributed by atoms with Crippen molar-refractivity contribution in [3.05, 3.63) is 65.2 Å². The lowest BCUT2D eigenvalue weighted by molar-refractivity contribution is 0.112. The van der Waals surface area contributed by atoms with Gasteiger partial charge in [0.25, 0.3) is 0 Å². The summed E-state index contributed by atoms with van der Waals surface area (Å²) in [6.45, 7) is 0.528. The number of benzene rings is 2. The molecular formula is C17H14O2. The van der Waals surface area contributed by atoms with Gasteiger partial charge in [-0.25, -0.2) is 0 Å². The molecule has 94 valence electrons. The Kier molecular flexibility index (Phi) is 4.36. The summed E-state index contributed by atoms with van der Waals surface area (Å²) < 4.78 is 5.61. The topological polar surface area (TPSA) is 26.3 Å². The number of para-hydroxylation sites is 1. The van der Waals surface area contributed by atoms with Crippen LogP contribution in [0.25, 0.3) is 0 Å². The zero-order valence-corrected chi connectivity index (χ0v) is 10.5. The Morgan fingerprint density at radius 3 is 2.63 bits per heavy atom. The largest absolute Gasteiger partial charge is 0.493 e. The fourth-order valence-electron chi connectivity index (χ4n) is 1.82. The number of rotatable bonds is 5. The van der Waals surface area contributed by atoms with E-state index >= 15 is 0 Å². The van der Waals surface area contributed by atoms with Crippen LogP contribution in [0.2, 0.25) is 0 Å². The lowest BCUT2D eigenvalue weighted by Gasteiger charge is -2.08. The molecule has 0 bridgehead atoms. The SMILES string of the molecule is C#Cc1ccc(CCOc2ccccc2)c(C=O)c1. The van der Waals surface area contributed by atoms with E-state index < -0.39 is 0 Å². The number of terminal acetylenes is 1. The summed E-state index contributed by atoms with van der Waals surface area (Å²) in [6, 6.07) is 15.0. The monoisotopic (exact) mass is 250 g/mol. The third-order valence-corrected chi connectivity index (χ3v) is 2.82. The van der Waals surface area contributed by atoms with Gasteiger partial charge in [-0.15, -0.1) is 6.42 Å². The number of aldehydes is 1. The highest BCUT2D eigenvalue weighted by Gasteiger charge is 2.03. The van der Waals surface area contributed by atoms with Gasteiger partial charge in [-0.3, -0.25) is 4.79 Å². The highest BCUT2D eigenvalue weighted by molar-refractivity contribution is 5.78. The van der Waals surface area contributed by atoms with Crippen molar-refractivity contribution < 1.29 is 9.53 Å². The fourth-order valence-corrected chi connectivity index (χ4v) is 1.82. The molecule has 0 amide bonds. The summed E-state index contributed by atoms with van der Waals surface area (Å²) in [7, 11) is 0. The second-order valence-electron chi connectivity index (χ2n) is 4.09. The molecule has 0 saturated heterocycles. The van der Waals surface area contributed by atoms with Crippen LogP contribution in [0.1, 0.15) is 21.5 Å². The normalized spacial score (nSPS) is 9.63. The Bertz CT molecular complexity index is 594. The summed E-state index contributed by atoms with van der Waals surface area (Å²) in [5.41, 5.74) is 2.30. The van der Waals surface area contributed by atoms with E-state index in [1.54, 1.807) is 6.07 Å². The van der Waals surface area contributed by atoms with Gasteiger partial charge >= 0.3 is 0 Å². The third kappa shape index (κ3) is 3.46. The zero-order valence-electron chi connectivity index (χ0n) is 10.5. The second kappa shape index (κ2) is 6.42. The van der Waals surface area contributed by atoms with E-state index in [9.17, 15) is 4.79 Å². The predicted molar refractivity (Wildman–Crippen MR) is 75.4 cm³/mol. The van der Waals surface area contributed by atoms with Gasteiger partial charge in [0.1, 0.15) is 12.0 Å². The highest BCUT2D eigenvalue weighted by atomic mass is 16.5. The first-order chi connectivity index (χ1) is 9.33. The summed E-state index contributed by atoms with van der Waals surface area (Å²) in [6.07, 6.45) is 6.82. The number of carbonyl (C=O) groups is 1. The van der Waals surface area contributed by atoms with Crippen molar-refractivity contribution in [1.29, 1.82) is 0 Å². The average molecular weight is 250 g/mol. The minimum atomic E-state index is 0.528. The Morgan fingerprint density at radius 1 is 1.16 bits per heavy atom. The molecule has 0 aromatic heterocycles. The lowest BCUT2D eigenvalue weighted by atomic mass is 10.0. The van der Waals surface area contributed by atoms with Gasteiger partial charge in [0.05, 0.1) is 6.61 Å². The Labute approximate surface area is 113 Å². The molecule has 0 spiro atoms. The first kappa shape index (κ1) is 12.9. The molecule has 2 rings (SSSR count). The molecule has 0 aliphatic rings. The maximum atomic E-state index is 11.0.